The lowest BCUT2D eigenvalue weighted by molar-refractivity contribution is 0.0963. The molecule has 104 valence electrons. The molecule has 0 unspecified atom stereocenters. The van der Waals surface area contributed by atoms with Gasteiger partial charge in [0.15, 0.2) is 0 Å². The molecule has 0 aliphatic heterocycles. The lowest BCUT2D eigenvalue weighted by Crippen LogP contribution is -2.18. The van der Waals surface area contributed by atoms with Gasteiger partial charge in [0.05, 0.1) is 11.4 Å². The molecule has 0 aliphatic rings. The first-order valence-electron chi connectivity index (χ1n) is 6.14. The van der Waals surface area contributed by atoms with E-state index in [0.717, 1.165) is 0 Å². The highest BCUT2D eigenvalue weighted by atomic mass is 19.1. The maximum absolute atomic E-state index is 13.2. The molecular weight excluding hydrogens is 257 g/mol. The Kier molecular flexibility index (Phi) is 3.89. The fraction of sp³-hybridized carbons (Fsp3) is 0.133. The van der Waals surface area contributed by atoms with E-state index in [1.54, 1.807) is 49.3 Å². The summed E-state index contributed by atoms with van der Waals surface area (Å²) in [6.45, 7) is 0. The van der Waals surface area contributed by atoms with Crippen molar-refractivity contribution in [3.63, 3.8) is 0 Å². The highest BCUT2D eigenvalue weighted by Gasteiger charge is 2.11. The SMILES string of the molecule is CNC(=O)c1ccc(N(C)c2cccc(F)c2)c(N)c1. The van der Waals surface area contributed by atoms with Crippen LogP contribution in [0.5, 0.6) is 0 Å². The first kappa shape index (κ1) is 13.9. The Balaban J connectivity index is 2.36. The molecule has 4 nitrogen and oxygen atoms in total. The Hall–Kier alpha value is -2.56. The average Bonchev–Trinajstić information content (AvgIpc) is 2.45. The third-order valence-electron chi connectivity index (χ3n) is 3.07. The number of carbonyl (C=O) groups is 1. The van der Waals surface area contributed by atoms with E-state index in [9.17, 15) is 9.18 Å². The quantitative estimate of drug-likeness (QED) is 0.845. The number of nitrogens with one attached hydrogen (secondary N) is 1. The van der Waals surface area contributed by atoms with Crippen LogP contribution in [0.25, 0.3) is 0 Å². The summed E-state index contributed by atoms with van der Waals surface area (Å²) in [6.07, 6.45) is 0. The molecule has 3 N–H and O–H groups in total. The first-order valence-corrected chi connectivity index (χ1v) is 6.14. The van der Waals surface area contributed by atoms with Crippen molar-refractivity contribution in [3.05, 3.63) is 53.8 Å². The molecule has 0 aromatic heterocycles. The number of carbonyl (C=O) groups excluding carboxylic acids is 1. The average molecular weight is 273 g/mol. The molecule has 0 spiro atoms. The van der Waals surface area contributed by atoms with Gasteiger partial charge in [-0.15, -0.1) is 0 Å². The lowest BCUT2D eigenvalue weighted by Gasteiger charge is -2.21. The number of hydrogen-bond acceptors (Lipinski definition) is 3. The predicted molar refractivity (Wildman–Crippen MR) is 78.7 cm³/mol. The second kappa shape index (κ2) is 5.61. The molecule has 1 amide bonds. The van der Waals surface area contributed by atoms with Crippen molar-refractivity contribution in [2.45, 2.75) is 0 Å². The largest absolute Gasteiger partial charge is 0.397 e. The molecule has 0 aliphatic carbocycles. The fourth-order valence-electron chi connectivity index (χ4n) is 1.97. The number of nitrogens with zero attached hydrogens (tertiary/aromatic N) is 1. The Bertz CT molecular complexity index is 643. The van der Waals surface area contributed by atoms with Crippen molar-refractivity contribution in [2.75, 3.05) is 24.7 Å². The van der Waals surface area contributed by atoms with Crippen LogP contribution < -0.4 is 16.0 Å². The summed E-state index contributed by atoms with van der Waals surface area (Å²) in [5, 5.41) is 2.54. The van der Waals surface area contributed by atoms with E-state index in [2.05, 4.69) is 5.32 Å². The summed E-state index contributed by atoms with van der Waals surface area (Å²) < 4.78 is 13.2. The molecular formula is C15H16FN3O. The Morgan fingerprint density at radius 3 is 2.60 bits per heavy atom. The molecule has 20 heavy (non-hydrogen) atoms. The van der Waals surface area contributed by atoms with Crippen LogP contribution >= 0.6 is 0 Å². The zero-order valence-electron chi connectivity index (χ0n) is 11.4. The van der Waals surface area contributed by atoms with Gasteiger partial charge in [-0.1, -0.05) is 6.07 Å². The molecule has 2 rings (SSSR count). The van der Waals surface area contributed by atoms with Crippen LogP contribution in [-0.4, -0.2) is 20.0 Å². The number of halogens is 1. The van der Waals surface area contributed by atoms with Crippen molar-refractivity contribution in [1.29, 1.82) is 0 Å². The van der Waals surface area contributed by atoms with Gasteiger partial charge in [0.2, 0.25) is 0 Å². The van der Waals surface area contributed by atoms with Gasteiger partial charge in [-0.3, -0.25) is 4.79 Å². The summed E-state index contributed by atoms with van der Waals surface area (Å²) in [6, 6.07) is 11.3. The monoisotopic (exact) mass is 273 g/mol. The van der Waals surface area contributed by atoms with Gasteiger partial charge < -0.3 is 16.0 Å². The molecule has 5 heteroatoms. The smallest absolute Gasteiger partial charge is 0.251 e. The van der Waals surface area contributed by atoms with Crippen molar-refractivity contribution in [1.82, 2.24) is 5.32 Å². The molecule has 2 aromatic rings. The number of hydrogen-bond donors (Lipinski definition) is 2. The first-order chi connectivity index (χ1) is 9.52. The minimum absolute atomic E-state index is 0.198. The maximum atomic E-state index is 13.2. The van der Waals surface area contributed by atoms with E-state index in [4.69, 9.17) is 5.73 Å². The molecule has 0 bridgehead atoms. The standard InChI is InChI=1S/C15H16FN3O/c1-18-15(20)10-6-7-14(13(17)8-10)19(2)12-5-3-4-11(16)9-12/h3-9H,17H2,1-2H3,(H,18,20). The Labute approximate surface area is 117 Å². The summed E-state index contributed by atoms with van der Waals surface area (Å²) in [7, 11) is 3.35. The Morgan fingerprint density at radius 2 is 2.00 bits per heavy atom. The van der Waals surface area contributed by atoms with Crippen LogP contribution in [0.4, 0.5) is 21.5 Å². The van der Waals surface area contributed by atoms with Gasteiger partial charge in [-0.05, 0) is 36.4 Å². The predicted octanol–water partition coefficient (Wildman–Crippen LogP) is 2.54. The molecule has 0 fully saturated rings. The number of nitrogen functional groups attached to an aromatic ring is 1. The second-order valence-corrected chi connectivity index (χ2v) is 4.39. The van der Waals surface area contributed by atoms with Crippen molar-refractivity contribution in [3.8, 4) is 0 Å². The van der Waals surface area contributed by atoms with Crippen LogP contribution in [0.3, 0.4) is 0 Å². The summed E-state index contributed by atoms with van der Waals surface area (Å²) in [5.41, 5.74) is 8.31. The molecule has 0 radical (unpaired) electrons. The van der Waals surface area contributed by atoms with Crippen LogP contribution in [0.15, 0.2) is 42.5 Å². The van der Waals surface area contributed by atoms with Crippen LogP contribution in [0, 0.1) is 5.82 Å². The van der Waals surface area contributed by atoms with Gasteiger partial charge in [-0.25, -0.2) is 4.39 Å². The third-order valence-corrected chi connectivity index (χ3v) is 3.07. The van der Waals surface area contributed by atoms with E-state index in [0.29, 0.717) is 22.6 Å². The summed E-state index contributed by atoms with van der Waals surface area (Å²) >= 11 is 0. The van der Waals surface area contributed by atoms with E-state index in [-0.39, 0.29) is 11.7 Å². The molecule has 0 heterocycles. The van der Waals surface area contributed by atoms with Crippen LogP contribution in [0.1, 0.15) is 10.4 Å². The zero-order chi connectivity index (χ0) is 14.7. The number of rotatable bonds is 3. The Morgan fingerprint density at radius 1 is 1.25 bits per heavy atom. The fourth-order valence-corrected chi connectivity index (χ4v) is 1.97. The highest BCUT2D eigenvalue weighted by Crippen LogP contribution is 2.29. The third kappa shape index (κ3) is 2.71. The summed E-state index contributed by atoms with van der Waals surface area (Å²) in [5.74, 6) is -0.508. The summed E-state index contributed by atoms with van der Waals surface area (Å²) in [4.78, 5) is 13.3. The van der Waals surface area contributed by atoms with Gasteiger partial charge in [0.1, 0.15) is 5.82 Å². The number of anilines is 3. The van der Waals surface area contributed by atoms with Gasteiger partial charge in [0, 0.05) is 25.3 Å². The normalized spacial score (nSPS) is 10.2. The van der Waals surface area contributed by atoms with Crippen LogP contribution in [-0.2, 0) is 0 Å². The van der Waals surface area contributed by atoms with Gasteiger partial charge >= 0.3 is 0 Å². The molecule has 0 atom stereocenters. The highest BCUT2D eigenvalue weighted by molar-refractivity contribution is 5.96. The van der Waals surface area contributed by atoms with Crippen molar-refractivity contribution < 1.29 is 9.18 Å². The van der Waals surface area contributed by atoms with Crippen molar-refractivity contribution in [2.24, 2.45) is 0 Å². The number of benzene rings is 2. The topological polar surface area (TPSA) is 58.4 Å². The second-order valence-electron chi connectivity index (χ2n) is 4.39. The maximum Gasteiger partial charge on any atom is 0.251 e. The molecule has 2 aromatic carbocycles. The minimum atomic E-state index is -0.310. The molecule has 0 saturated heterocycles. The number of nitrogens with two attached hydrogens (primary N) is 1. The van der Waals surface area contributed by atoms with E-state index < -0.39 is 0 Å². The van der Waals surface area contributed by atoms with E-state index >= 15 is 0 Å². The van der Waals surface area contributed by atoms with Crippen LogP contribution in [0.2, 0.25) is 0 Å². The minimum Gasteiger partial charge on any atom is -0.397 e. The lowest BCUT2D eigenvalue weighted by atomic mass is 10.1. The number of amides is 1. The van der Waals surface area contributed by atoms with Crippen molar-refractivity contribution >= 4 is 23.0 Å². The van der Waals surface area contributed by atoms with E-state index in [1.807, 2.05) is 0 Å². The molecule has 0 saturated carbocycles. The van der Waals surface area contributed by atoms with E-state index in [1.165, 1.54) is 12.1 Å². The van der Waals surface area contributed by atoms with Gasteiger partial charge in [0.25, 0.3) is 5.91 Å². The van der Waals surface area contributed by atoms with Gasteiger partial charge in [-0.2, -0.15) is 0 Å². The zero-order valence-corrected chi connectivity index (χ0v) is 11.4.